The molecule has 0 aliphatic heterocycles. The SMILES string of the molecule is CCCC(Cc1cncs1)C(=O)O. The molecule has 3 nitrogen and oxygen atoms in total. The second-order valence-electron chi connectivity index (χ2n) is 3.00. The molecule has 0 aromatic carbocycles. The Morgan fingerprint density at radius 3 is 3.00 bits per heavy atom. The van der Waals surface area contributed by atoms with E-state index in [9.17, 15) is 4.79 Å². The maximum Gasteiger partial charge on any atom is 0.306 e. The second-order valence-corrected chi connectivity index (χ2v) is 3.97. The third-order valence-electron chi connectivity index (χ3n) is 1.92. The van der Waals surface area contributed by atoms with Crippen molar-refractivity contribution in [3.63, 3.8) is 0 Å². The number of carboxylic acids is 1. The summed E-state index contributed by atoms with van der Waals surface area (Å²) in [4.78, 5) is 15.8. The molecule has 0 saturated heterocycles. The molecule has 72 valence electrons. The molecule has 0 amide bonds. The second kappa shape index (κ2) is 4.97. The van der Waals surface area contributed by atoms with Gasteiger partial charge in [0.05, 0.1) is 11.4 Å². The number of carboxylic acid groups (broad SMARTS) is 1. The molecule has 1 unspecified atom stereocenters. The summed E-state index contributed by atoms with van der Waals surface area (Å²) in [5, 5.41) is 8.89. The normalized spacial score (nSPS) is 12.7. The molecule has 0 radical (unpaired) electrons. The van der Waals surface area contributed by atoms with Gasteiger partial charge in [0, 0.05) is 11.1 Å². The van der Waals surface area contributed by atoms with Gasteiger partial charge in [0.1, 0.15) is 0 Å². The zero-order chi connectivity index (χ0) is 9.68. The molecule has 1 N–H and O–H groups in total. The molecular formula is C9H13NO2S. The molecular weight excluding hydrogens is 186 g/mol. The fourth-order valence-electron chi connectivity index (χ4n) is 1.25. The van der Waals surface area contributed by atoms with Gasteiger partial charge in [-0.15, -0.1) is 11.3 Å². The van der Waals surface area contributed by atoms with E-state index >= 15 is 0 Å². The maximum absolute atomic E-state index is 10.8. The first-order chi connectivity index (χ1) is 6.24. The number of nitrogens with zero attached hydrogens (tertiary/aromatic N) is 1. The number of thiazole rings is 1. The molecule has 13 heavy (non-hydrogen) atoms. The lowest BCUT2D eigenvalue weighted by molar-refractivity contribution is -0.141. The van der Waals surface area contributed by atoms with E-state index in [1.807, 2.05) is 6.92 Å². The average Bonchev–Trinajstić information content (AvgIpc) is 2.56. The monoisotopic (exact) mass is 199 g/mol. The van der Waals surface area contributed by atoms with Gasteiger partial charge in [-0.3, -0.25) is 9.78 Å². The quantitative estimate of drug-likeness (QED) is 0.790. The average molecular weight is 199 g/mol. The van der Waals surface area contributed by atoms with Crippen LogP contribution in [-0.4, -0.2) is 16.1 Å². The van der Waals surface area contributed by atoms with Gasteiger partial charge in [-0.2, -0.15) is 0 Å². The van der Waals surface area contributed by atoms with E-state index in [0.717, 1.165) is 17.7 Å². The van der Waals surface area contributed by atoms with Gasteiger partial charge >= 0.3 is 5.97 Å². The van der Waals surface area contributed by atoms with Gasteiger partial charge < -0.3 is 5.11 Å². The molecule has 0 spiro atoms. The highest BCUT2D eigenvalue weighted by molar-refractivity contribution is 7.09. The van der Waals surface area contributed by atoms with E-state index in [1.165, 1.54) is 11.3 Å². The first kappa shape index (κ1) is 10.2. The standard InChI is InChI=1S/C9H13NO2S/c1-2-3-7(9(11)12)4-8-5-10-6-13-8/h5-7H,2-4H2,1H3,(H,11,12). The summed E-state index contributed by atoms with van der Waals surface area (Å²) in [6.07, 6.45) is 4.02. The molecule has 0 aliphatic rings. The first-order valence-corrected chi connectivity index (χ1v) is 5.22. The molecule has 1 atom stereocenters. The van der Waals surface area contributed by atoms with Crippen LogP contribution in [0.4, 0.5) is 0 Å². The van der Waals surface area contributed by atoms with Crippen LogP contribution in [0.15, 0.2) is 11.7 Å². The Bertz CT molecular complexity index is 259. The summed E-state index contributed by atoms with van der Waals surface area (Å²) in [6, 6.07) is 0. The van der Waals surface area contributed by atoms with Crippen LogP contribution in [0.2, 0.25) is 0 Å². The Hall–Kier alpha value is -0.900. The van der Waals surface area contributed by atoms with Gasteiger partial charge in [-0.25, -0.2) is 0 Å². The predicted octanol–water partition coefficient (Wildman–Crippen LogP) is 2.19. The lowest BCUT2D eigenvalue weighted by atomic mass is 10.00. The summed E-state index contributed by atoms with van der Waals surface area (Å²) in [5.74, 6) is -0.944. The molecule has 0 bridgehead atoms. The van der Waals surface area contributed by atoms with Crippen LogP contribution >= 0.6 is 11.3 Å². The van der Waals surface area contributed by atoms with Crippen molar-refractivity contribution < 1.29 is 9.90 Å². The fourth-order valence-corrected chi connectivity index (χ4v) is 1.92. The number of hydrogen-bond donors (Lipinski definition) is 1. The lowest BCUT2D eigenvalue weighted by Crippen LogP contribution is -2.15. The number of aromatic nitrogens is 1. The summed E-state index contributed by atoms with van der Waals surface area (Å²) in [6.45, 7) is 2.00. The van der Waals surface area contributed by atoms with Crippen LogP contribution in [-0.2, 0) is 11.2 Å². The van der Waals surface area contributed by atoms with Crippen LogP contribution in [0.5, 0.6) is 0 Å². The van der Waals surface area contributed by atoms with Crippen molar-refractivity contribution in [2.75, 3.05) is 0 Å². The number of aliphatic carboxylic acids is 1. The highest BCUT2D eigenvalue weighted by atomic mass is 32.1. The topological polar surface area (TPSA) is 50.2 Å². The van der Waals surface area contributed by atoms with Gasteiger partial charge in [0.2, 0.25) is 0 Å². The minimum atomic E-state index is -0.699. The van der Waals surface area contributed by atoms with Crippen LogP contribution in [0.25, 0.3) is 0 Å². The van der Waals surface area contributed by atoms with Crippen molar-refractivity contribution >= 4 is 17.3 Å². The number of rotatable bonds is 5. The third-order valence-corrected chi connectivity index (χ3v) is 2.72. The Kier molecular flexibility index (Phi) is 3.89. The van der Waals surface area contributed by atoms with E-state index in [0.29, 0.717) is 6.42 Å². The maximum atomic E-state index is 10.8. The minimum Gasteiger partial charge on any atom is -0.481 e. The first-order valence-electron chi connectivity index (χ1n) is 4.34. The van der Waals surface area contributed by atoms with Crippen LogP contribution in [0.3, 0.4) is 0 Å². The van der Waals surface area contributed by atoms with E-state index in [-0.39, 0.29) is 5.92 Å². The van der Waals surface area contributed by atoms with Crippen LogP contribution in [0, 0.1) is 5.92 Å². The van der Waals surface area contributed by atoms with Gasteiger partial charge in [0.15, 0.2) is 0 Å². The lowest BCUT2D eigenvalue weighted by Gasteiger charge is -2.08. The van der Waals surface area contributed by atoms with Crippen molar-refractivity contribution in [2.24, 2.45) is 5.92 Å². The molecule has 1 heterocycles. The van der Waals surface area contributed by atoms with E-state index in [2.05, 4.69) is 4.98 Å². The molecule has 1 rings (SSSR count). The van der Waals surface area contributed by atoms with Crippen molar-refractivity contribution in [1.29, 1.82) is 0 Å². The van der Waals surface area contributed by atoms with Crippen LogP contribution < -0.4 is 0 Å². The highest BCUT2D eigenvalue weighted by Gasteiger charge is 2.17. The molecule has 0 saturated carbocycles. The number of carbonyl (C=O) groups is 1. The largest absolute Gasteiger partial charge is 0.481 e. The molecule has 0 fully saturated rings. The van der Waals surface area contributed by atoms with Crippen LogP contribution in [0.1, 0.15) is 24.6 Å². The third kappa shape index (κ3) is 3.14. The molecule has 1 aromatic rings. The minimum absolute atomic E-state index is 0.245. The van der Waals surface area contributed by atoms with Crippen molar-refractivity contribution in [1.82, 2.24) is 4.98 Å². The zero-order valence-corrected chi connectivity index (χ0v) is 8.38. The van der Waals surface area contributed by atoms with Crippen molar-refractivity contribution in [3.8, 4) is 0 Å². The smallest absolute Gasteiger partial charge is 0.306 e. The van der Waals surface area contributed by atoms with Gasteiger partial charge in [-0.1, -0.05) is 13.3 Å². The Balaban J connectivity index is 2.52. The predicted molar refractivity (Wildman–Crippen MR) is 51.9 cm³/mol. The molecule has 4 heteroatoms. The van der Waals surface area contributed by atoms with E-state index < -0.39 is 5.97 Å². The van der Waals surface area contributed by atoms with Gasteiger partial charge in [-0.05, 0) is 12.8 Å². The number of hydrogen-bond acceptors (Lipinski definition) is 3. The van der Waals surface area contributed by atoms with Gasteiger partial charge in [0.25, 0.3) is 0 Å². The fraction of sp³-hybridized carbons (Fsp3) is 0.556. The Morgan fingerprint density at radius 1 is 1.77 bits per heavy atom. The summed E-state index contributed by atoms with van der Waals surface area (Å²) in [5.41, 5.74) is 1.74. The zero-order valence-electron chi connectivity index (χ0n) is 7.56. The Morgan fingerprint density at radius 2 is 2.54 bits per heavy atom. The molecule has 0 aliphatic carbocycles. The highest BCUT2D eigenvalue weighted by Crippen LogP contribution is 2.16. The van der Waals surface area contributed by atoms with E-state index in [1.54, 1.807) is 11.7 Å². The van der Waals surface area contributed by atoms with Crippen molar-refractivity contribution in [3.05, 3.63) is 16.6 Å². The Labute approximate surface area is 81.4 Å². The summed E-state index contributed by atoms with van der Waals surface area (Å²) in [7, 11) is 0. The summed E-state index contributed by atoms with van der Waals surface area (Å²) < 4.78 is 0. The molecule has 1 aromatic heterocycles. The summed E-state index contributed by atoms with van der Waals surface area (Å²) >= 11 is 1.52. The van der Waals surface area contributed by atoms with Crippen molar-refractivity contribution in [2.45, 2.75) is 26.2 Å². The van der Waals surface area contributed by atoms with E-state index in [4.69, 9.17) is 5.11 Å².